The van der Waals surface area contributed by atoms with Crippen LogP contribution in [0.25, 0.3) is 22.3 Å². The Balaban J connectivity index is 1.40. The van der Waals surface area contributed by atoms with E-state index in [1.54, 1.807) is 60.7 Å². The lowest BCUT2D eigenvalue weighted by Crippen LogP contribution is -2.19. The molecule has 9 rings (SSSR count). The predicted molar refractivity (Wildman–Crippen MR) is 225 cm³/mol. The fraction of sp³-hybridized carbons (Fsp3) is 0. The third-order valence-electron chi connectivity index (χ3n) is 10.4. The van der Waals surface area contributed by atoms with Gasteiger partial charge in [0.15, 0.2) is 0 Å². The van der Waals surface area contributed by atoms with Crippen molar-refractivity contribution in [3.63, 3.8) is 0 Å². The molecule has 0 aliphatic carbocycles. The SMILES string of the molecule is O=S(=O)(O)c1ccc(C2=c3ccc([nH]3)=C(c3ccc(O)cc3)c3ccc([nH]3)C(c3ccc(S(=O)(=O)O)cc3)=c3ccc([nH]3)=C(c3ccc(S(=O)(=O)O)cc3)c3ccc2[nH]3)cc1. The molecule has 1 aliphatic rings. The summed E-state index contributed by atoms with van der Waals surface area (Å²) in [6, 6.07) is 38.8. The maximum absolute atomic E-state index is 12.0. The fourth-order valence-electron chi connectivity index (χ4n) is 7.58. The molecule has 17 heteroatoms. The molecule has 0 spiro atoms. The molecule has 4 aromatic heterocycles. The minimum absolute atomic E-state index is 0.0699. The van der Waals surface area contributed by atoms with Crippen molar-refractivity contribution in [2.75, 3.05) is 0 Å². The van der Waals surface area contributed by atoms with Crippen LogP contribution in [0.5, 0.6) is 5.75 Å². The van der Waals surface area contributed by atoms with E-state index in [1.807, 2.05) is 48.5 Å². The number of fused-ring (bicyclic) bond motifs is 8. The Morgan fingerprint density at radius 1 is 0.295 bits per heavy atom. The number of aromatic hydroxyl groups is 1. The summed E-state index contributed by atoms with van der Waals surface area (Å²) in [5, 5.41) is 12.7. The number of hydrogen-bond acceptors (Lipinski definition) is 7. The molecular formula is C44H32N4O10S3. The van der Waals surface area contributed by atoms with Gasteiger partial charge in [-0.3, -0.25) is 13.7 Å². The highest BCUT2D eigenvalue weighted by atomic mass is 32.2. The van der Waals surface area contributed by atoms with E-state index < -0.39 is 30.4 Å². The third-order valence-corrected chi connectivity index (χ3v) is 13.0. The van der Waals surface area contributed by atoms with Crippen molar-refractivity contribution in [3.8, 4) is 5.75 Å². The van der Waals surface area contributed by atoms with E-state index in [1.165, 1.54) is 36.4 Å². The van der Waals surface area contributed by atoms with Crippen molar-refractivity contribution < 1.29 is 44.0 Å². The number of benzene rings is 4. The van der Waals surface area contributed by atoms with E-state index in [2.05, 4.69) is 19.9 Å². The zero-order chi connectivity index (χ0) is 42.8. The molecule has 0 amide bonds. The van der Waals surface area contributed by atoms with Gasteiger partial charge in [-0.2, -0.15) is 25.3 Å². The quantitative estimate of drug-likeness (QED) is 0.108. The predicted octanol–water partition coefficient (Wildman–Crippen LogP) is 3.75. The van der Waals surface area contributed by atoms with Crippen LogP contribution in [0.1, 0.15) is 45.0 Å². The molecule has 8 bridgehead atoms. The minimum atomic E-state index is -4.51. The first kappa shape index (κ1) is 39.5. The summed E-state index contributed by atoms with van der Waals surface area (Å²) >= 11 is 0. The van der Waals surface area contributed by atoms with E-state index in [0.29, 0.717) is 77.6 Å². The second-order valence-electron chi connectivity index (χ2n) is 14.2. The van der Waals surface area contributed by atoms with Crippen molar-refractivity contribution in [1.29, 1.82) is 0 Å². The maximum atomic E-state index is 12.0. The Morgan fingerprint density at radius 3 is 0.754 bits per heavy atom. The molecule has 0 saturated carbocycles. The van der Waals surface area contributed by atoms with E-state index in [4.69, 9.17) is 0 Å². The average molecular weight is 873 g/mol. The molecule has 14 nitrogen and oxygen atoms in total. The Kier molecular flexibility index (Phi) is 9.46. The molecule has 306 valence electrons. The van der Waals surface area contributed by atoms with Crippen LogP contribution in [0.4, 0.5) is 0 Å². The lowest BCUT2D eigenvalue weighted by atomic mass is 10.0. The molecule has 61 heavy (non-hydrogen) atoms. The first-order chi connectivity index (χ1) is 29.0. The summed E-state index contributed by atoms with van der Waals surface area (Å²) in [6.07, 6.45) is 0. The van der Waals surface area contributed by atoms with Gasteiger partial charge in [0.25, 0.3) is 30.4 Å². The third kappa shape index (κ3) is 7.57. The minimum Gasteiger partial charge on any atom is -0.508 e. The topological polar surface area (TPSA) is 246 Å². The number of nitrogens with one attached hydrogen (secondary N) is 4. The van der Waals surface area contributed by atoms with Crippen molar-refractivity contribution in [3.05, 3.63) is 212 Å². The van der Waals surface area contributed by atoms with Gasteiger partial charge in [-0.05, 0) is 119 Å². The smallest absolute Gasteiger partial charge is 0.294 e. The molecule has 0 unspecified atom stereocenters. The van der Waals surface area contributed by atoms with Crippen LogP contribution in [0, 0.1) is 0 Å². The highest BCUT2D eigenvalue weighted by Gasteiger charge is 2.20. The standard InChI is InChI=1S/C44H32N4O10S3/c49-29-9-1-25(2-10-29)41-33-17-19-35(45-33)42(26-3-11-30(12-4-26)59(50,51)52)37-21-23-39(47-37)44(28-7-15-32(16-8-28)61(56,57)58)40-24-22-38(48-40)43(36-20-18-34(41)46-36)27-5-13-31(14-6-27)60(53,54)55/h1-24,45-49H,(H,50,51,52)(H,53,54,55)(H,56,57,58). The van der Waals surface area contributed by atoms with Crippen molar-refractivity contribution >= 4 is 52.6 Å². The second kappa shape index (κ2) is 14.6. The first-order valence-corrected chi connectivity index (χ1v) is 22.6. The molecule has 5 heterocycles. The summed E-state index contributed by atoms with van der Waals surface area (Å²) in [4.78, 5) is 13.3. The molecule has 4 aromatic carbocycles. The van der Waals surface area contributed by atoms with E-state index in [9.17, 15) is 44.0 Å². The molecule has 8 N–H and O–H groups in total. The number of aromatic nitrogens is 4. The number of phenolic OH excluding ortho intramolecular Hbond substituents is 1. The van der Waals surface area contributed by atoms with Gasteiger partial charge in [0.2, 0.25) is 0 Å². The van der Waals surface area contributed by atoms with Gasteiger partial charge in [-0.25, -0.2) is 0 Å². The highest BCUT2D eigenvalue weighted by Crippen LogP contribution is 2.29. The Morgan fingerprint density at radius 2 is 0.525 bits per heavy atom. The van der Waals surface area contributed by atoms with Crippen molar-refractivity contribution in [1.82, 2.24) is 19.9 Å². The van der Waals surface area contributed by atoms with Gasteiger partial charge in [-0.15, -0.1) is 0 Å². The van der Waals surface area contributed by atoms with Crippen LogP contribution in [0.3, 0.4) is 0 Å². The van der Waals surface area contributed by atoms with Crippen LogP contribution >= 0.6 is 0 Å². The van der Waals surface area contributed by atoms with Crippen molar-refractivity contribution in [2.24, 2.45) is 0 Å². The maximum Gasteiger partial charge on any atom is 0.294 e. The van der Waals surface area contributed by atoms with E-state index in [-0.39, 0.29) is 20.4 Å². The van der Waals surface area contributed by atoms with Gasteiger partial charge < -0.3 is 25.0 Å². The molecular weight excluding hydrogens is 841 g/mol. The zero-order valence-electron chi connectivity index (χ0n) is 31.3. The monoisotopic (exact) mass is 872 g/mol. The number of rotatable bonds is 7. The molecule has 0 radical (unpaired) electrons. The molecule has 0 atom stereocenters. The summed E-state index contributed by atoms with van der Waals surface area (Å²) < 4.78 is 101. The summed E-state index contributed by atoms with van der Waals surface area (Å²) in [5.41, 5.74) is 7.48. The van der Waals surface area contributed by atoms with Gasteiger partial charge >= 0.3 is 0 Å². The van der Waals surface area contributed by atoms with Crippen LogP contribution in [-0.2, 0) is 30.4 Å². The highest BCUT2D eigenvalue weighted by molar-refractivity contribution is 7.86. The van der Waals surface area contributed by atoms with Crippen LogP contribution in [0.15, 0.2) is 160 Å². The summed E-state index contributed by atoms with van der Waals surface area (Å²) in [7, 11) is -13.5. The van der Waals surface area contributed by atoms with Crippen LogP contribution in [0.2, 0.25) is 0 Å². The van der Waals surface area contributed by atoms with Crippen LogP contribution < -0.4 is 21.4 Å². The second-order valence-corrected chi connectivity index (χ2v) is 18.5. The normalized spacial score (nSPS) is 13.5. The lowest BCUT2D eigenvalue weighted by molar-refractivity contribution is 0.475. The summed E-state index contributed by atoms with van der Waals surface area (Å²) in [6.45, 7) is 0. The lowest BCUT2D eigenvalue weighted by Gasteiger charge is -2.10. The summed E-state index contributed by atoms with van der Waals surface area (Å²) in [5.74, 6) is 0.0699. The first-order valence-electron chi connectivity index (χ1n) is 18.3. The van der Waals surface area contributed by atoms with Gasteiger partial charge in [-0.1, -0.05) is 48.5 Å². The van der Waals surface area contributed by atoms with E-state index in [0.717, 1.165) is 11.1 Å². The number of aromatic amines is 4. The zero-order valence-corrected chi connectivity index (χ0v) is 33.8. The fourth-order valence-corrected chi connectivity index (χ4v) is 9.02. The molecule has 0 saturated heterocycles. The largest absolute Gasteiger partial charge is 0.508 e. The van der Waals surface area contributed by atoms with Gasteiger partial charge in [0.05, 0.1) is 14.7 Å². The number of phenols is 1. The van der Waals surface area contributed by atoms with Crippen LogP contribution in [-0.4, -0.2) is 64.0 Å². The van der Waals surface area contributed by atoms with E-state index >= 15 is 0 Å². The Bertz CT molecular complexity index is 3640. The van der Waals surface area contributed by atoms with Gasteiger partial charge in [0, 0.05) is 66.5 Å². The van der Waals surface area contributed by atoms with Gasteiger partial charge in [0.1, 0.15) is 5.75 Å². The molecule has 8 aromatic rings. The Hall–Kier alpha value is -6.99. The molecule has 1 aliphatic heterocycles. The Labute approximate surface area is 347 Å². The number of H-pyrrole nitrogens is 4. The average Bonchev–Trinajstić information content (AvgIpc) is 4.06. The van der Waals surface area contributed by atoms with Crippen molar-refractivity contribution in [2.45, 2.75) is 14.7 Å². The number of hydrogen-bond donors (Lipinski definition) is 8. The molecule has 0 fully saturated rings.